The number of carboxylic acids is 2. The van der Waals surface area contributed by atoms with Crippen molar-refractivity contribution >= 4 is 17.9 Å². The molecule has 0 aromatic rings. The lowest BCUT2D eigenvalue weighted by atomic mass is 9.94. The highest BCUT2D eigenvalue weighted by Crippen LogP contribution is 2.18. The summed E-state index contributed by atoms with van der Waals surface area (Å²) in [6.07, 6.45) is 2.26. The molecule has 0 fully saturated rings. The van der Waals surface area contributed by atoms with Crippen LogP contribution in [0.3, 0.4) is 0 Å². The van der Waals surface area contributed by atoms with Gasteiger partial charge in [-0.25, -0.2) is 4.79 Å². The molecule has 0 rings (SSSR count). The number of carbonyl (C=O) groups is 3. The Morgan fingerprint density at radius 3 is 2.22 bits per heavy atom. The number of rotatable bonds is 9. The summed E-state index contributed by atoms with van der Waals surface area (Å²) in [6, 6.07) is 0. The van der Waals surface area contributed by atoms with Crippen LogP contribution in [-0.2, 0) is 19.1 Å². The van der Waals surface area contributed by atoms with Gasteiger partial charge in [0.2, 0.25) is 0 Å². The third kappa shape index (κ3) is 6.03. The maximum Gasteiger partial charge on any atom is 0.331 e. The Labute approximate surface area is 105 Å². The molecule has 0 bridgehead atoms. The minimum Gasteiger partial charge on any atom is -0.481 e. The molecule has 6 nitrogen and oxygen atoms in total. The maximum absolute atomic E-state index is 10.9. The van der Waals surface area contributed by atoms with E-state index in [4.69, 9.17) is 10.2 Å². The van der Waals surface area contributed by atoms with Gasteiger partial charge in [0.15, 0.2) is 0 Å². The Kier molecular flexibility index (Phi) is 7.42. The third-order valence-corrected chi connectivity index (χ3v) is 2.59. The van der Waals surface area contributed by atoms with Crippen molar-refractivity contribution in [3.05, 3.63) is 12.2 Å². The van der Waals surface area contributed by atoms with Crippen LogP contribution in [0.1, 0.15) is 32.1 Å². The molecule has 0 aliphatic rings. The van der Waals surface area contributed by atoms with Crippen LogP contribution in [0.4, 0.5) is 0 Å². The molecule has 0 amide bonds. The quantitative estimate of drug-likeness (QED) is 0.369. The third-order valence-electron chi connectivity index (χ3n) is 2.59. The first kappa shape index (κ1) is 16.1. The number of hydrogen-bond donors (Lipinski definition) is 2. The Morgan fingerprint density at radius 2 is 1.78 bits per heavy atom. The van der Waals surface area contributed by atoms with Crippen molar-refractivity contribution in [1.82, 2.24) is 0 Å². The SMILES string of the molecule is C=C(C(=O)O)C(CCCCCC(=O)OC)C(=O)O. The van der Waals surface area contributed by atoms with Gasteiger partial charge in [0, 0.05) is 12.0 Å². The molecule has 0 heterocycles. The minimum atomic E-state index is -1.29. The van der Waals surface area contributed by atoms with Crippen molar-refractivity contribution < 1.29 is 29.3 Å². The summed E-state index contributed by atoms with van der Waals surface area (Å²) in [5.74, 6) is -3.85. The zero-order valence-corrected chi connectivity index (χ0v) is 10.3. The molecule has 2 N–H and O–H groups in total. The predicted molar refractivity (Wildman–Crippen MR) is 63.0 cm³/mol. The van der Waals surface area contributed by atoms with Crippen LogP contribution in [-0.4, -0.2) is 35.2 Å². The number of unbranched alkanes of at least 4 members (excludes halogenated alkanes) is 2. The summed E-state index contributed by atoms with van der Waals surface area (Å²) in [5.41, 5.74) is -0.310. The van der Waals surface area contributed by atoms with Gasteiger partial charge in [-0.2, -0.15) is 0 Å². The molecule has 0 aromatic heterocycles. The van der Waals surface area contributed by atoms with E-state index in [1.165, 1.54) is 7.11 Å². The normalized spacial score (nSPS) is 11.6. The summed E-state index contributed by atoms with van der Waals surface area (Å²) >= 11 is 0. The number of hydrogen-bond acceptors (Lipinski definition) is 4. The molecule has 6 heteroatoms. The number of carboxylic acid groups (broad SMARTS) is 2. The largest absolute Gasteiger partial charge is 0.481 e. The van der Waals surface area contributed by atoms with Gasteiger partial charge in [-0.1, -0.05) is 19.4 Å². The second-order valence-corrected chi connectivity index (χ2v) is 3.90. The van der Waals surface area contributed by atoms with E-state index in [-0.39, 0.29) is 24.4 Å². The van der Waals surface area contributed by atoms with E-state index in [1.54, 1.807) is 0 Å². The van der Waals surface area contributed by atoms with Crippen LogP contribution in [0.2, 0.25) is 0 Å². The van der Waals surface area contributed by atoms with Crippen LogP contribution in [0, 0.1) is 5.92 Å². The van der Waals surface area contributed by atoms with Crippen molar-refractivity contribution in [1.29, 1.82) is 0 Å². The maximum atomic E-state index is 10.9. The van der Waals surface area contributed by atoms with Crippen LogP contribution >= 0.6 is 0 Å². The summed E-state index contributed by atoms with van der Waals surface area (Å²) in [5, 5.41) is 17.6. The molecule has 0 aliphatic carbocycles. The lowest BCUT2D eigenvalue weighted by molar-refractivity contribution is -0.144. The van der Waals surface area contributed by atoms with Crippen LogP contribution in [0.5, 0.6) is 0 Å². The Balaban J connectivity index is 4.00. The van der Waals surface area contributed by atoms with E-state index in [1.807, 2.05) is 0 Å². The monoisotopic (exact) mass is 258 g/mol. The average Bonchev–Trinajstić information content (AvgIpc) is 2.31. The summed E-state index contributed by atoms with van der Waals surface area (Å²) in [6.45, 7) is 3.26. The molecular weight excluding hydrogens is 240 g/mol. The smallest absolute Gasteiger partial charge is 0.331 e. The summed E-state index contributed by atoms with van der Waals surface area (Å²) < 4.78 is 4.46. The first-order chi connectivity index (χ1) is 8.40. The summed E-state index contributed by atoms with van der Waals surface area (Å²) in [7, 11) is 1.31. The van der Waals surface area contributed by atoms with Gasteiger partial charge in [0.1, 0.15) is 0 Å². The second kappa shape index (κ2) is 8.27. The lowest BCUT2D eigenvalue weighted by Crippen LogP contribution is -2.20. The predicted octanol–water partition coefficient (Wildman–Crippen LogP) is 1.45. The number of aliphatic carboxylic acids is 2. The first-order valence-electron chi connectivity index (χ1n) is 5.61. The van der Waals surface area contributed by atoms with E-state index >= 15 is 0 Å². The molecule has 1 atom stereocenters. The van der Waals surface area contributed by atoms with E-state index in [9.17, 15) is 14.4 Å². The Morgan fingerprint density at radius 1 is 1.17 bits per heavy atom. The number of methoxy groups -OCH3 is 1. The molecule has 18 heavy (non-hydrogen) atoms. The van der Waals surface area contributed by atoms with Gasteiger partial charge >= 0.3 is 17.9 Å². The number of ether oxygens (including phenoxy) is 1. The van der Waals surface area contributed by atoms with Gasteiger partial charge in [-0.3, -0.25) is 9.59 Å². The molecule has 0 aliphatic heterocycles. The standard InChI is InChI=1S/C12H18O6/c1-8(11(14)15)9(12(16)17)6-4-3-5-7-10(13)18-2/h9H,1,3-7H2,2H3,(H,14,15)(H,16,17). The van der Waals surface area contributed by atoms with E-state index in [2.05, 4.69) is 11.3 Å². The van der Waals surface area contributed by atoms with Crippen molar-refractivity contribution in [2.75, 3.05) is 7.11 Å². The van der Waals surface area contributed by atoms with E-state index in [0.29, 0.717) is 19.3 Å². The fourth-order valence-electron chi connectivity index (χ4n) is 1.49. The zero-order valence-electron chi connectivity index (χ0n) is 10.3. The molecule has 1 unspecified atom stereocenters. The van der Waals surface area contributed by atoms with Crippen LogP contribution in [0.15, 0.2) is 12.2 Å². The molecule has 0 aromatic carbocycles. The average molecular weight is 258 g/mol. The van der Waals surface area contributed by atoms with Gasteiger partial charge in [-0.15, -0.1) is 0 Å². The molecule has 0 saturated heterocycles. The molecule has 0 saturated carbocycles. The highest BCUT2D eigenvalue weighted by atomic mass is 16.5. The number of esters is 1. The minimum absolute atomic E-state index is 0.210. The van der Waals surface area contributed by atoms with Crippen molar-refractivity contribution in [2.45, 2.75) is 32.1 Å². The summed E-state index contributed by atoms with van der Waals surface area (Å²) in [4.78, 5) is 32.3. The zero-order chi connectivity index (χ0) is 14.1. The molecule has 0 spiro atoms. The molecular formula is C12H18O6. The van der Waals surface area contributed by atoms with Crippen molar-refractivity contribution in [3.63, 3.8) is 0 Å². The van der Waals surface area contributed by atoms with Crippen LogP contribution in [0.25, 0.3) is 0 Å². The fourth-order valence-corrected chi connectivity index (χ4v) is 1.49. The Hall–Kier alpha value is -1.85. The highest BCUT2D eigenvalue weighted by Gasteiger charge is 2.24. The van der Waals surface area contributed by atoms with Gasteiger partial charge < -0.3 is 14.9 Å². The lowest BCUT2D eigenvalue weighted by Gasteiger charge is -2.11. The Bertz CT molecular complexity index is 333. The second-order valence-electron chi connectivity index (χ2n) is 3.90. The van der Waals surface area contributed by atoms with Gasteiger partial charge in [0.25, 0.3) is 0 Å². The first-order valence-corrected chi connectivity index (χ1v) is 5.61. The van der Waals surface area contributed by atoms with Crippen molar-refractivity contribution in [3.8, 4) is 0 Å². The number of carbonyl (C=O) groups excluding carboxylic acids is 1. The molecule has 102 valence electrons. The fraction of sp³-hybridized carbons (Fsp3) is 0.583. The topological polar surface area (TPSA) is 101 Å². The van der Waals surface area contributed by atoms with Crippen LogP contribution < -0.4 is 0 Å². The highest BCUT2D eigenvalue weighted by molar-refractivity contribution is 5.93. The van der Waals surface area contributed by atoms with Crippen molar-refractivity contribution in [2.24, 2.45) is 5.92 Å². The molecule has 0 radical (unpaired) electrons. The van der Waals surface area contributed by atoms with E-state index in [0.717, 1.165) is 0 Å². The van der Waals surface area contributed by atoms with E-state index < -0.39 is 17.9 Å². The van der Waals surface area contributed by atoms with Gasteiger partial charge in [0.05, 0.1) is 13.0 Å². The van der Waals surface area contributed by atoms with Gasteiger partial charge in [-0.05, 0) is 12.8 Å².